The quantitative estimate of drug-likeness (QED) is 0.857. The first-order valence-electron chi connectivity index (χ1n) is 5.28. The minimum Gasteiger partial charge on any atom is -0.389 e. The highest BCUT2D eigenvalue weighted by Crippen LogP contribution is 2.22. The van der Waals surface area contributed by atoms with Gasteiger partial charge in [-0.2, -0.15) is 4.31 Å². The molecule has 1 rings (SSSR count). The Morgan fingerprint density at radius 3 is 2.11 bits per heavy atom. The number of aliphatic hydroxyl groups is 1. The predicted molar refractivity (Wildman–Crippen MR) is 62.4 cm³/mol. The summed E-state index contributed by atoms with van der Waals surface area (Å²) in [4.78, 5) is -0.974. The van der Waals surface area contributed by atoms with Crippen LogP contribution in [0.1, 0.15) is 13.8 Å². The average Bonchev–Trinajstić information content (AvgIpc) is 2.20. The van der Waals surface area contributed by atoms with Crippen molar-refractivity contribution in [2.75, 3.05) is 13.6 Å². The Morgan fingerprint density at radius 1 is 1.16 bits per heavy atom. The van der Waals surface area contributed by atoms with Gasteiger partial charge in [-0.1, -0.05) is 0 Å². The van der Waals surface area contributed by atoms with Crippen LogP contribution in [0.4, 0.5) is 13.2 Å². The Balaban J connectivity index is 3.25. The average molecular weight is 297 g/mol. The number of likely N-dealkylation sites (N-methyl/N-ethyl adjacent to an activating group) is 1. The molecule has 0 bridgehead atoms. The zero-order valence-electron chi connectivity index (χ0n) is 10.6. The highest BCUT2D eigenvalue weighted by atomic mass is 32.2. The van der Waals surface area contributed by atoms with Crippen molar-refractivity contribution in [3.63, 3.8) is 0 Å². The Kier molecular flexibility index (Phi) is 4.28. The molecule has 19 heavy (non-hydrogen) atoms. The van der Waals surface area contributed by atoms with E-state index in [1.54, 1.807) is 0 Å². The molecule has 0 saturated heterocycles. The minimum atomic E-state index is -4.35. The predicted octanol–water partition coefficient (Wildman–Crippen LogP) is 1.50. The van der Waals surface area contributed by atoms with Gasteiger partial charge in [-0.15, -0.1) is 0 Å². The molecule has 0 fully saturated rings. The maximum absolute atomic E-state index is 13.4. The van der Waals surface area contributed by atoms with Gasteiger partial charge in [0, 0.05) is 19.7 Å². The van der Waals surface area contributed by atoms with Gasteiger partial charge in [0.1, 0.15) is 10.7 Å². The smallest absolute Gasteiger partial charge is 0.245 e. The van der Waals surface area contributed by atoms with Crippen LogP contribution in [0.25, 0.3) is 0 Å². The monoisotopic (exact) mass is 297 g/mol. The maximum Gasteiger partial charge on any atom is 0.245 e. The number of nitrogens with zero attached hydrogens (tertiary/aromatic N) is 1. The summed E-state index contributed by atoms with van der Waals surface area (Å²) in [6.07, 6.45) is 0. The Bertz CT molecular complexity index is 582. The van der Waals surface area contributed by atoms with Crippen molar-refractivity contribution in [2.24, 2.45) is 0 Å². The van der Waals surface area contributed by atoms with E-state index in [0.717, 1.165) is 7.05 Å². The van der Waals surface area contributed by atoms with Gasteiger partial charge >= 0.3 is 0 Å². The van der Waals surface area contributed by atoms with Gasteiger partial charge in [-0.3, -0.25) is 0 Å². The normalized spacial score (nSPS) is 13.1. The van der Waals surface area contributed by atoms with Gasteiger partial charge in [0.25, 0.3) is 0 Å². The van der Waals surface area contributed by atoms with Crippen LogP contribution >= 0.6 is 0 Å². The number of hydrogen-bond acceptors (Lipinski definition) is 3. The molecule has 0 amide bonds. The van der Waals surface area contributed by atoms with Gasteiger partial charge in [-0.25, -0.2) is 21.6 Å². The van der Waals surface area contributed by atoms with Crippen molar-refractivity contribution in [2.45, 2.75) is 24.3 Å². The van der Waals surface area contributed by atoms with Crippen LogP contribution < -0.4 is 0 Å². The summed E-state index contributed by atoms with van der Waals surface area (Å²) in [6.45, 7) is 2.40. The zero-order chi connectivity index (χ0) is 15.0. The largest absolute Gasteiger partial charge is 0.389 e. The molecule has 0 heterocycles. The van der Waals surface area contributed by atoms with Crippen LogP contribution in [0.2, 0.25) is 0 Å². The molecule has 0 radical (unpaired) electrons. The molecule has 0 aliphatic carbocycles. The molecular formula is C11H14F3NO3S. The van der Waals surface area contributed by atoms with E-state index in [9.17, 15) is 26.7 Å². The van der Waals surface area contributed by atoms with E-state index >= 15 is 0 Å². The van der Waals surface area contributed by atoms with Crippen molar-refractivity contribution in [3.8, 4) is 0 Å². The Hall–Kier alpha value is -1.12. The van der Waals surface area contributed by atoms with E-state index in [-0.39, 0.29) is 18.7 Å². The number of halogens is 3. The fourth-order valence-corrected chi connectivity index (χ4v) is 2.88. The molecule has 1 aromatic rings. The summed E-state index contributed by atoms with van der Waals surface area (Å²) in [5, 5.41) is 9.53. The first kappa shape index (κ1) is 15.9. The number of hydrogen-bond donors (Lipinski definition) is 1. The lowest BCUT2D eigenvalue weighted by Gasteiger charge is -2.25. The van der Waals surface area contributed by atoms with Crippen molar-refractivity contribution in [1.29, 1.82) is 0 Å². The fraction of sp³-hybridized carbons (Fsp3) is 0.455. The molecule has 4 nitrogen and oxygen atoms in total. The third-order valence-corrected chi connectivity index (χ3v) is 4.09. The van der Waals surface area contributed by atoms with E-state index < -0.39 is 38.0 Å². The molecule has 8 heteroatoms. The molecule has 0 spiro atoms. The molecule has 0 aliphatic rings. The third kappa shape index (κ3) is 3.68. The molecule has 1 aromatic carbocycles. The lowest BCUT2D eigenvalue weighted by atomic mass is 10.1. The standard InChI is InChI=1S/C11H14F3NO3S/c1-11(2,16)6-15(3)19(17,18)10-5-8(13)7(12)4-9(10)14/h4-5,16H,6H2,1-3H3. The summed E-state index contributed by atoms with van der Waals surface area (Å²) < 4.78 is 63.8. The van der Waals surface area contributed by atoms with Crippen molar-refractivity contribution >= 4 is 10.0 Å². The third-order valence-electron chi connectivity index (χ3n) is 2.27. The summed E-state index contributed by atoms with van der Waals surface area (Å²) >= 11 is 0. The van der Waals surface area contributed by atoms with Gasteiger partial charge < -0.3 is 5.11 Å². The minimum absolute atomic E-state index is 0.167. The first-order chi connectivity index (χ1) is 8.45. The SMILES string of the molecule is CN(CC(C)(C)O)S(=O)(=O)c1cc(F)c(F)cc1F. The molecule has 1 N–H and O–H groups in total. The highest BCUT2D eigenvalue weighted by molar-refractivity contribution is 7.89. The van der Waals surface area contributed by atoms with E-state index in [1.807, 2.05) is 0 Å². The van der Waals surface area contributed by atoms with Crippen LogP contribution in [-0.4, -0.2) is 37.0 Å². The Morgan fingerprint density at radius 2 is 1.63 bits per heavy atom. The molecular weight excluding hydrogens is 283 g/mol. The van der Waals surface area contributed by atoms with Gasteiger partial charge in [0.15, 0.2) is 11.6 Å². The van der Waals surface area contributed by atoms with Crippen LogP contribution in [0, 0.1) is 17.5 Å². The van der Waals surface area contributed by atoms with E-state index in [0.29, 0.717) is 4.31 Å². The second-order valence-electron chi connectivity index (χ2n) is 4.77. The van der Waals surface area contributed by atoms with Crippen LogP contribution in [0.5, 0.6) is 0 Å². The Labute approximate surface area is 109 Å². The lowest BCUT2D eigenvalue weighted by molar-refractivity contribution is 0.0639. The summed E-state index contributed by atoms with van der Waals surface area (Å²) in [6, 6.07) is 0.445. The van der Waals surface area contributed by atoms with E-state index in [4.69, 9.17) is 0 Å². The van der Waals surface area contributed by atoms with Gasteiger partial charge in [0.2, 0.25) is 10.0 Å². The zero-order valence-corrected chi connectivity index (χ0v) is 11.4. The topological polar surface area (TPSA) is 57.6 Å². The van der Waals surface area contributed by atoms with Crippen molar-refractivity contribution in [1.82, 2.24) is 4.31 Å². The second-order valence-corrected chi connectivity index (χ2v) is 6.78. The summed E-state index contributed by atoms with van der Waals surface area (Å²) in [5.74, 6) is -4.32. The molecule has 0 saturated carbocycles. The molecule has 0 aliphatic heterocycles. The van der Waals surface area contributed by atoms with Gasteiger partial charge in [-0.05, 0) is 19.9 Å². The van der Waals surface area contributed by atoms with E-state index in [1.165, 1.54) is 13.8 Å². The van der Waals surface area contributed by atoms with Crippen LogP contribution in [0.15, 0.2) is 17.0 Å². The molecule has 0 atom stereocenters. The maximum atomic E-state index is 13.4. The van der Waals surface area contributed by atoms with Gasteiger partial charge in [0.05, 0.1) is 5.60 Å². The molecule has 0 unspecified atom stereocenters. The number of rotatable bonds is 4. The second kappa shape index (κ2) is 5.10. The van der Waals surface area contributed by atoms with Crippen LogP contribution in [0.3, 0.4) is 0 Å². The van der Waals surface area contributed by atoms with Crippen molar-refractivity contribution in [3.05, 3.63) is 29.6 Å². The lowest BCUT2D eigenvalue weighted by Crippen LogP contribution is -2.40. The molecule has 108 valence electrons. The fourth-order valence-electron chi connectivity index (χ4n) is 1.50. The van der Waals surface area contributed by atoms with E-state index in [2.05, 4.69) is 0 Å². The van der Waals surface area contributed by atoms with Crippen molar-refractivity contribution < 1.29 is 26.7 Å². The summed E-state index contributed by atoms with van der Waals surface area (Å²) in [7, 11) is -3.25. The summed E-state index contributed by atoms with van der Waals surface area (Å²) in [5.41, 5.74) is -1.35. The van der Waals surface area contributed by atoms with Crippen LogP contribution in [-0.2, 0) is 10.0 Å². The number of benzene rings is 1. The first-order valence-corrected chi connectivity index (χ1v) is 6.72. The molecule has 0 aromatic heterocycles. The number of sulfonamides is 1. The highest BCUT2D eigenvalue weighted by Gasteiger charge is 2.29.